The van der Waals surface area contributed by atoms with Crippen LogP contribution in [0.4, 0.5) is 5.69 Å². The minimum atomic E-state index is -0.427. The van der Waals surface area contributed by atoms with Crippen LogP contribution in [0.1, 0.15) is 48.9 Å². The van der Waals surface area contributed by atoms with Crippen LogP contribution < -0.4 is 10.9 Å². The molecule has 0 fully saturated rings. The van der Waals surface area contributed by atoms with Gasteiger partial charge in [0.15, 0.2) is 5.16 Å². The van der Waals surface area contributed by atoms with E-state index < -0.39 is 5.25 Å². The predicted octanol–water partition coefficient (Wildman–Crippen LogP) is 6.82. The first-order chi connectivity index (χ1) is 16.1. The molecule has 2 aromatic heterocycles. The number of carbonyl (C=O) groups excluding carboxylic acids is 1. The highest BCUT2D eigenvalue weighted by Crippen LogP contribution is 2.33. The number of hydrogen-bond donors (Lipinski definition) is 2. The Morgan fingerprint density at radius 2 is 1.71 bits per heavy atom. The number of thioether (sulfide) groups is 1. The van der Waals surface area contributed by atoms with Crippen molar-refractivity contribution >= 4 is 44.9 Å². The van der Waals surface area contributed by atoms with Gasteiger partial charge in [-0.3, -0.25) is 9.59 Å². The number of aromatic amines is 1. The maximum atomic E-state index is 13.0. The van der Waals surface area contributed by atoms with E-state index in [9.17, 15) is 9.59 Å². The Kier molecular flexibility index (Phi) is 6.96. The van der Waals surface area contributed by atoms with Gasteiger partial charge in [-0.05, 0) is 55.9 Å². The molecule has 2 heterocycles. The number of amides is 1. The molecular weight excluding hydrogens is 462 g/mol. The first-order valence-corrected chi connectivity index (χ1v) is 13.1. The van der Waals surface area contributed by atoms with Gasteiger partial charge in [0.1, 0.15) is 4.83 Å². The third-order valence-electron chi connectivity index (χ3n) is 5.89. The Labute approximate surface area is 208 Å². The Hall–Kier alpha value is -2.90. The summed E-state index contributed by atoms with van der Waals surface area (Å²) >= 11 is 2.70. The summed E-state index contributed by atoms with van der Waals surface area (Å²) in [5, 5.41) is 5.63. The van der Waals surface area contributed by atoms with Crippen molar-refractivity contribution in [3.05, 3.63) is 74.4 Å². The summed E-state index contributed by atoms with van der Waals surface area (Å²) in [5.74, 6) is 0.329. The number of aromatic nitrogens is 2. The SMILES string of the molecule is Cc1cc(C)c(NC(=O)C(C)Sc2nc3scc(-c4ccc(C(C)C)cc4)c3c(=O)[nH]2)c(C)c1. The van der Waals surface area contributed by atoms with Gasteiger partial charge in [-0.15, -0.1) is 11.3 Å². The van der Waals surface area contributed by atoms with Crippen molar-refractivity contribution in [2.75, 3.05) is 5.32 Å². The zero-order valence-electron chi connectivity index (χ0n) is 20.3. The molecular formula is C27H29N3O2S2. The second kappa shape index (κ2) is 9.76. The van der Waals surface area contributed by atoms with Crippen molar-refractivity contribution in [3.63, 3.8) is 0 Å². The summed E-state index contributed by atoms with van der Waals surface area (Å²) in [6, 6.07) is 12.4. The Balaban J connectivity index is 1.55. The summed E-state index contributed by atoms with van der Waals surface area (Å²) in [6.45, 7) is 12.2. The molecule has 0 saturated heterocycles. The van der Waals surface area contributed by atoms with Crippen LogP contribution in [0.15, 0.2) is 51.7 Å². The molecule has 2 N–H and O–H groups in total. The van der Waals surface area contributed by atoms with Gasteiger partial charge in [0.05, 0.1) is 10.6 Å². The van der Waals surface area contributed by atoms with Crippen LogP contribution in [0, 0.1) is 20.8 Å². The number of benzene rings is 2. The average Bonchev–Trinajstić information content (AvgIpc) is 3.20. The van der Waals surface area contributed by atoms with Crippen LogP contribution in [0.25, 0.3) is 21.3 Å². The number of hydrogen-bond acceptors (Lipinski definition) is 5. The minimum Gasteiger partial charge on any atom is -0.325 e. The third-order valence-corrected chi connectivity index (χ3v) is 7.75. The number of aryl methyl sites for hydroxylation is 3. The van der Waals surface area contributed by atoms with Gasteiger partial charge >= 0.3 is 0 Å². The van der Waals surface area contributed by atoms with Crippen LogP contribution in [0.2, 0.25) is 0 Å². The fraction of sp³-hybridized carbons (Fsp3) is 0.296. The number of thiophene rings is 1. The molecule has 4 rings (SSSR count). The van der Waals surface area contributed by atoms with E-state index in [1.807, 2.05) is 33.1 Å². The lowest BCUT2D eigenvalue weighted by Crippen LogP contribution is -2.24. The van der Waals surface area contributed by atoms with Crippen LogP contribution in [0.5, 0.6) is 0 Å². The molecule has 7 heteroatoms. The molecule has 0 aliphatic rings. The monoisotopic (exact) mass is 491 g/mol. The number of rotatable bonds is 6. The molecule has 5 nitrogen and oxygen atoms in total. The molecule has 0 spiro atoms. The van der Waals surface area contributed by atoms with E-state index >= 15 is 0 Å². The number of nitrogens with zero attached hydrogens (tertiary/aromatic N) is 1. The summed E-state index contributed by atoms with van der Waals surface area (Å²) in [4.78, 5) is 34.1. The fourth-order valence-electron chi connectivity index (χ4n) is 4.07. The van der Waals surface area contributed by atoms with Gasteiger partial charge in [-0.25, -0.2) is 4.98 Å². The second-order valence-corrected chi connectivity index (χ2v) is 11.2. The Bertz CT molecular complexity index is 1400. The van der Waals surface area contributed by atoms with Gasteiger partial charge in [0.25, 0.3) is 5.56 Å². The number of H-pyrrole nitrogens is 1. The molecule has 0 bridgehead atoms. The number of carbonyl (C=O) groups is 1. The van der Waals surface area contributed by atoms with Crippen molar-refractivity contribution in [2.24, 2.45) is 0 Å². The zero-order valence-corrected chi connectivity index (χ0v) is 21.9. The van der Waals surface area contributed by atoms with Gasteiger partial charge in [-0.2, -0.15) is 0 Å². The van der Waals surface area contributed by atoms with E-state index in [1.165, 1.54) is 28.7 Å². The summed E-state index contributed by atoms with van der Waals surface area (Å²) < 4.78 is 0. The van der Waals surface area contributed by atoms with Crippen molar-refractivity contribution in [1.82, 2.24) is 9.97 Å². The lowest BCUT2D eigenvalue weighted by atomic mass is 9.99. The van der Waals surface area contributed by atoms with E-state index in [0.717, 1.165) is 33.5 Å². The molecule has 1 unspecified atom stereocenters. The Morgan fingerprint density at radius 3 is 2.32 bits per heavy atom. The first-order valence-electron chi connectivity index (χ1n) is 11.3. The Morgan fingerprint density at radius 1 is 1.06 bits per heavy atom. The van der Waals surface area contributed by atoms with Crippen LogP contribution in [-0.2, 0) is 4.79 Å². The van der Waals surface area contributed by atoms with Gasteiger partial charge in [0.2, 0.25) is 5.91 Å². The highest BCUT2D eigenvalue weighted by atomic mass is 32.2. The van der Waals surface area contributed by atoms with Crippen molar-refractivity contribution < 1.29 is 4.79 Å². The molecule has 1 amide bonds. The molecule has 0 saturated carbocycles. The largest absolute Gasteiger partial charge is 0.325 e. The van der Waals surface area contributed by atoms with E-state index in [2.05, 4.69) is 65.5 Å². The van der Waals surface area contributed by atoms with Gasteiger partial charge in [0, 0.05) is 16.6 Å². The van der Waals surface area contributed by atoms with Crippen LogP contribution >= 0.6 is 23.1 Å². The maximum Gasteiger partial charge on any atom is 0.260 e. The van der Waals surface area contributed by atoms with Crippen molar-refractivity contribution in [2.45, 2.75) is 57.9 Å². The number of fused-ring (bicyclic) bond motifs is 1. The number of nitrogens with one attached hydrogen (secondary N) is 2. The van der Waals surface area contributed by atoms with E-state index in [1.54, 1.807) is 0 Å². The standard InChI is InChI=1S/C27H29N3O2S2/c1-14(2)19-7-9-20(10-8-19)21-13-33-26-22(21)25(32)29-27(30-26)34-18(6)24(31)28-23-16(4)11-15(3)12-17(23)5/h7-14,18H,1-6H3,(H,28,31)(H,29,30,32). The third kappa shape index (κ3) is 4.95. The molecule has 176 valence electrons. The smallest absolute Gasteiger partial charge is 0.260 e. The van der Waals surface area contributed by atoms with Crippen LogP contribution in [-0.4, -0.2) is 21.1 Å². The lowest BCUT2D eigenvalue weighted by Gasteiger charge is -2.16. The molecule has 0 radical (unpaired) electrons. The second-order valence-electron chi connectivity index (χ2n) is 9.00. The summed E-state index contributed by atoms with van der Waals surface area (Å²) in [7, 11) is 0. The predicted molar refractivity (Wildman–Crippen MR) is 144 cm³/mol. The minimum absolute atomic E-state index is 0.125. The van der Waals surface area contributed by atoms with Crippen molar-refractivity contribution in [1.29, 1.82) is 0 Å². The first kappa shape index (κ1) is 24.2. The highest BCUT2D eigenvalue weighted by molar-refractivity contribution is 8.00. The van der Waals surface area contributed by atoms with E-state index in [0.29, 0.717) is 21.3 Å². The molecule has 34 heavy (non-hydrogen) atoms. The summed E-state index contributed by atoms with van der Waals surface area (Å²) in [5.41, 5.74) is 7.03. The number of anilines is 1. The molecule has 0 aliphatic heterocycles. The highest BCUT2D eigenvalue weighted by Gasteiger charge is 2.20. The normalized spacial score (nSPS) is 12.3. The summed E-state index contributed by atoms with van der Waals surface area (Å²) in [6.07, 6.45) is 0. The maximum absolute atomic E-state index is 13.0. The fourth-order valence-corrected chi connectivity index (χ4v) is 5.87. The lowest BCUT2D eigenvalue weighted by molar-refractivity contribution is -0.115. The van der Waals surface area contributed by atoms with E-state index in [4.69, 9.17) is 0 Å². The van der Waals surface area contributed by atoms with E-state index in [-0.39, 0.29) is 11.5 Å². The molecule has 0 aliphatic carbocycles. The zero-order chi connectivity index (χ0) is 24.6. The molecule has 1 atom stereocenters. The molecule has 2 aromatic carbocycles. The average molecular weight is 492 g/mol. The van der Waals surface area contributed by atoms with Gasteiger partial charge < -0.3 is 10.3 Å². The quantitative estimate of drug-likeness (QED) is 0.229. The topological polar surface area (TPSA) is 74.8 Å². The van der Waals surface area contributed by atoms with Crippen LogP contribution in [0.3, 0.4) is 0 Å². The van der Waals surface area contributed by atoms with Crippen molar-refractivity contribution in [3.8, 4) is 11.1 Å². The van der Waals surface area contributed by atoms with Gasteiger partial charge in [-0.1, -0.05) is 67.6 Å². The molecule has 4 aromatic rings.